The molecular weight excluding hydrogens is 837 g/mol. The second kappa shape index (κ2) is 58.1. The lowest BCUT2D eigenvalue weighted by molar-refractivity contribution is -0.161. The molecule has 0 saturated heterocycles. The highest BCUT2D eigenvalue weighted by atomic mass is 16.6. The zero-order valence-corrected chi connectivity index (χ0v) is 44.6. The summed E-state index contributed by atoms with van der Waals surface area (Å²) in [5.41, 5.74) is 0. The Labute approximate surface area is 421 Å². The van der Waals surface area contributed by atoms with E-state index in [-0.39, 0.29) is 25.2 Å². The number of unbranched alkanes of at least 4 members (excludes halogenated alkanes) is 28. The standard InChI is InChI=1S/C63H108O5/c1-3-5-7-9-11-13-15-17-19-21-23-24-25-26-27-28-29-30-31-32-33-34-35-36-37-38-40-42-44-46-48-50-52-54-56-58-63(66)68-61(59-64)60-67-62(65)57-55-53-51-49-47-45-43-41-39-22-20-18-16-14-12-10-8-6-4-2/h5,7,11-14,17-20,23-24,26-27,39,41,61,64H,3-4,6,8-10,15-16,21-22,25,28-38,40,42-60H2,1-2H3/b7-5-,13-11-,14-12-,19-17-,20-18-,24-23-,27-26-,41-39-. The van der Waals surface area contributed by atoms with Gasteiger partial charge in [0.2, 0.25) is 0 Å². The predicted octanol–water partition coefficient (Wildman–Crippen LogP) is 19.5. The molecule has 5 nitrogen and oxygen atoms in total. The molecule has 0 radical (unpaired) electrons. The molecule has 0 aromatic heterocycles. The number of aliphatic hydroxyl groups excluding tert-OH is 1. The average molecular weight is 946 g/mol. The molecule has 0 saturated carbocycles. The first-order valence-corrected chi connectivity index (χ1v) is 28.8. The van der Waals surface area contributed by atoms with E-state index < -0.39 is 6.10 Å². The third-order valence-electron chi connectivity index (χ3n) is 12.4. The van der Waals surface area contributed by atoms with Crippen molar-refractivity contribution in [3.05, 3.63) is 97.2 Å². The Morgan fingerprint density at radius 2 is 0.632 bits per heavy atom. The van der Waals surface area contributed by atoms with Gasteiger partial charge in [-0.15, -0.1) is 0 Å². The van der Waals surface area contributed by atoms with Crippen molar-refractivity contribution in [2.75, 3.05) is 13.2 Å². The summed E-state index contributed by atoms with van der Waals surface area (Å²) >= 11 is 0. The number of carbonyl (C=O) groups excluding carboxylic acids is 2. The topological polar surface area (TPSA) is 72.8 Å². The van der Waals surface area contributed by atoms with Crippen LogP contribution in [0.25, 0.3) is 0 Å². The van der Waals surface area contributed by atoms with E-state index in [2.05, 4.69) is 111 Å². The fourth-order valence-corrected chi connectivity index (χ4v) is 8.06. The van der Waals surface area contributed by atoms with E-state index in [1.165, 1.54) is 154 Å². The maximum atomic E-state index is 12.3. The van der Waals surface area contributed by atoms with Gasteiger partial charge in [-0.05, 0) is 96.3 Å². The van der Waals surface area contributed by atoms with E-state index in [1.807, 2.05) is 0 Å². The molecule has 1 N–H and O–H groups in total. The van der Waals surface area contributed by atoms with Crippen molar-refractivity contribution in [3.63, 3.8) is 0 Å². The minimum absolute atomic E-state index is 0.0742. The van der Waals surface area contributed by atoms with Gasteiger partial charge in [0.15, 0.2) is 6.10 Å². The first-order valence-electron chi connectivity index (χ1n) is 28.8. The number of allylic oxidation sites excluding steroid dienone is 16. The number of ether oxygens (including phenoxy) is 2. The van der Waals surface area contributed by atoms with Gasteiger partial charge in [0.1, 0.15) is 6.61 Å². The van der Waals surface area contributed by atoms with E-state index in [0.29, 0.717) is 12.8 Å². The third-order valence-corrected chi connectivity index (χ3v) is 12.4. The van der Waals surface area contributed by atoms with Crippen molar-refractivity contribution >= 4 is 11.9 Å². The van der Waals surface area contributed by atoms with Gasteiger partial charge >= 0.3 is 11.9 Å². The van der Waals surface area contributed by atoms with Crippen LogP contribution in [0.3, 0.4) is 0 Å². The summed E-state index contributed by atoms with van der Waals surface area (Å²) in [5, 5.41) is 9.65. The Hall–Kier alpha value is -3.18. The lowest BCUT2D eigenvalue weighted by Gasteiger charge is -2.15. The maximum absolute atomic E-state index is 12.3. The average Bonchev–Trinajstić information content (AvgIpc) is 3.34. The van der Waals surface area contributed by atoms with Crippen molar-refractivity contribution in [1.29, 1.82) is 0 Å². The van der Waals surface area contributed by atoms with Crippen molar-refractivity contribution in [1.82, 2.24) is 0 Å². The van der Waals surface area contributed by atoms with Crippen molar-refractivity contribution in [2.24, 2.45) is 0 Å². The van der Waals surface area contributed by atoms with Crippen LogP contribution in [-0.4, -0.2) is 36.4 Å². The maximum Gasteiger partial charge on any atom is 0.306 e. The predicted molar refractivity (Wildman–Crippen MR) is 297 cm³/mol. The Morgan fingerprint density at radius 3 is 0.956 bits per heavy atom. The van der Waals surface area contributed by atoms with Crippen LogP contribution in [0.2, 0.25) is 0 Å². The smallest absolute Gasteiger partial charge is 0.306 e. The van der Waals surface area contributed by atoms with Crippen LogP contribution in [0, 0.1) is 0 Å². The molecule has 0 fully saturated rings. The molecule has 0 bridgehead atoms. The van der Waals surface area contributed by atoms with Gasteiger partial charge < -0.3 is 14.6 Å². The number of aliphatic hydroxyl groups is 1. The molecule has 0 aliphatic heterocycles. The molecule has 0 spiro atoms. The minimum Gasteiger partial charge on any atom is -0.462 e. The van der Waals surface area contributed by atoms with E-state index >= 15 is 0 Å². The largest absolute Gasteiger partial charge is 0.462 e. The molecule has 0 aliphatic rings. The van der Waals surface area contributed by atoms with Crippen molar-refractivity contribution in [3.8, 4) is 0 Å². The summed E-state index contributed by atoms with van der Waals surface area (Å²) in [6.45, 7) is 4.00. The SMILES string of the molecule is CC/C=C\C/C=C\C/C=C\C/C=C\C/C=C\CCCCCCCCCCCCCCCCCCCCCC(=O)OC(CO)COC(=O)CCCCCCCC/C=C\C/C=C\C/C=C\CCCCC. The van der Waals surface area contributed by atoms with Crippen molar-refractivity contribution in [2.45, 2.75) is 277 Å². The summed E-state index contributed by atoms with van der Waals surface area (Å²) in [6.07, 6.45) is 82.4. The molecule has 390 valence electrons. The van der Waals surface area contributed by atoms with Gasteiger partial charge in [-0.2, -0.15) is 0 Å². The molecule has 68 heavy (non-hydrogen) atoms. The third kappa shape index (κ3) is 55.4. The number of carbonyl (C=O) groups is 2. The minimum atomic E-state index is -0.781. The molecule has 1 unspecified atom stereocenters. The van der Waals surface area contributed by atoms with Crippen LogP contribution >= 0.6 is 0 Å². The van der Waals surface area contributed by atoms with Crippen LogP contribution in [0.5, 0.6) is 0 Å². The van der Waals surface area contributed by atoms with Crippen LogP contribution in [0.4, 0.5) is 0 Å². The number of rotatable bonds is 52. The molecule has 0 aromatic carbocycles. The summed E-state index contributed by atoms with van der Waals surface area (Å²) in [5.74, 6) is -0.600. The van der Waals surface area contributed by atoms with Crippen LogP contribution in [0.1, 0.15) is 271 Å². The van der Waals surface area contributed by atoms with Gasteiger partial charge in [0.25, 0.3) is 0 Å². The number of hydrogen-bond donors (Lipinski definition) is 1. The van der Waals surface area contributed by atoms with Gasteiger partial charge in [0, 0.05) is 12.8 Å². The molecule has 0 aliphatic carbocycles. The Morgan fingerprint density at radius 1 is 0.353 bits per heavy atom. The summed E-state index contributed by atoms with van der Waals surface area (Å²) in [7, 11) is 0. The van der Waals surface area contributed by atoms with Gasteiger partial charge in [-0.3, -0.25) is 9.59 Å². The lowest BCUT2D eigenvalue weighted by atomic mass is 10.0. The molecular formula is C63H108O5. The molecule has 5 heteroatoms. The monoisotopic (exact) mass is 945 g/mol. The first kappa shape index (κ1) is 64.8. The van der Waals surface area contributed by atoms with Gasteiger partial charge in [0.05, 0.1) is 6.61 Å². The summed E-state index contributed by atoms with van der Waals surface area (Å²) < 4.78 is 10.7. The van der Waals surface area contributed by atoms with Crippen LogP contribution < -0.4 is 0 Å². The van der Waals surface area contributed by atoms with E-state index in [9.17, 15) is 14.7 Å². The van der Waals surface area contributed by atoms with Crippen LogP contribution in [-0.2, 0) is 19.1 Å². The normalized spacial score (nSPS) is 12.9. The summed E-state index contributed by atoms with van der Waals surface area (Å²) in [6, 6.07) is 0. The second-order valence-electron chi connectivity index (χ2n) is 19.0. The fraction of sp³-hybridized carbons (Fsp3) is 0.714. The van der Waals surface area contributed by atoms with E-state index in [4.69, 9.17) is 9.47 Å². The van der Waals surface area contributed by atoms with Crippen molar-refractivity contribution < 1.29 is 24.2 Å². The molecule has 1 atom stereocenters. The Kier molecular flexibility index (Phi) is 55.4. The quantitative estimate of drug-likeness (QED) is 0.0374. The van der Waals surface area contributed by atoms with Crippen LogP contribution in [0.15, 0.2) is 97.2 Å². The number of esters is 2. The van der Waals surface area contributed by atoms with Gasteiger partial charge in [-0.25, -0.2) is 0 Å². The number of hydrogen-bond acceptors (Lipinski definition) is 5. The zero-order valence-electron chi connectivity index (χ0n) is 44.6. The molecule has 0 amide bonds. The highest BCUT2D eigenvalue weighted by Crippen LogP contribution is 2.16. The van der Waals surface area contributed by atoms with E-state index in [1.54, 1.807) is 0 Å². The Balaban J connectivity index is 3.48. The molecule has 0 aromatic rings. The van der Waals surface area contributed by atoms with E-state index in [0.717, 1.165) is 89.9 Å². The first-order chi connectivity index (χ1) is 33.6. The Bertz CT molecular complexity index is 1300. The van der Waals surface area contributed by atoms with Gasteiger partial charge in [-0.1, -0.05) is 259 Å². The zero-order chi connectivity index (χ0) is 49.2. The highest BCUT2D eigenvalue weighted by molar-refractivity contribution is 5.70. The summed E-state index contributed by atoms with van der Waals surface area (Å²) in [4.78, 5) is 24.5. The fourth-order valence-electron chi connectivity index (χ4n) is 8.06. The highest BCUT2D eigenvalue weighted by Gasteiger charge is 2.16. The lowest BCUT2D eigenvalue weighted by Crippen LogP contribution is -2.28. The second-order valence-corrected chi connectivity index (χ2v) is 19.0. The molecule has 0 heterocycles. The molecule has 0 rings (SSSR count).